The third-order valence-electron chi connectivity index (χ3n) is 3.24. The third-order valence-corrected chi connectivity index (χ3v) is 4.30. The van der Waals surface area contributed by atoms with Gasteiger partial charge in [-0.05, 0) is 35.9 Å². The molecular formula is C17H16N2OS. The number of amides is 1. The van der Waals surface area contributed by atoms with Crippen LogP contribution in [0, 0.1) is 0 Å². The van der Waals surface area contributed by atoms with Crippen LogP contribution in [0.2, 0.25) is 0 Å². The van der Waals surface area contributed by atoms with Crippen molar-refractivity contribution in [2.24, 2.45) is 0 Å². The number of aromatic amines is 1. The zero-order valence-corrected chi connectivity index (χ0v) is 12.5. The van der Waals surface area contributed by atoms with Gasteiger partial charge in [-0.2, -0.15) is 0 Å². The lowest BCUT2D eigenvalue weighted by molar-refractivity contribution is -0.114. The molecule has 3 aromatic rings. The molecule has 0 saturated heterocycles. The van der Waals surface area contributed by atoms with Gasteiger partial charge >= 0.3 is 0 Å². The van der Waals surface area contributed by atoms with Crippen LogP contribution in [0.3, 0.4) is 0 Å². The molecule has 1 aromatic heterocycles. The first kappa shape index (κ1) is 13.8. The van der Waals surface area contributed by atoms with E-state index in [9.17, 15) is 4.79 Å². The summed E-state index contributed by atoms with van der Waals surface area (Å²) in [7, 11) is 0. The highest BCUT2D eigenvalue weighted by molar-refractivity contribution is 7.98. The molecule has 1 heterocycles. The number of H-pyrrole nitrogens is 1. The summed E-state index contributed by atoms with van der Waals surface area (Å²) < 4.78 is 0. The molecule has 0 spiro atoms. The lowest BCUT2D eigenvalue weighted by Gasteiger charge is -2.04. The minimum Gasteiger partial charge on any atom is -0.361 e. The Hall–Kier alpha value is -2.20. The summed E-state index contributed by atoms with van der Waals surface area (Å²) in [6, 6.07) is 16.3. The number of thioether (sulfide) groups is 1. The van der Waals surface area contributed by atoms with Crippen LogP contribution in [0.15, 0.2) is 59.6 Å². The number of aromatic nitrogens is 1. The quantitative estimate of drug-likeness (QED) is 0.700. The van der Waals surface area contributed by atoms with Gasteiger partial charge in [-0.1, -0.05) is 18.2 Å². The van der Waals surface area contributed by atoms with Crippen molar-refractivity contribution in [2.45, 2.75) is 17.6 Å². The standard InChI is InChI=1S/C17H16N2OS/c1-12(20)19-14-6-8-15(9-7-14)21-11-13-10-18-17-5-3-2-4-16(13)17/h2-10,18H,11H2,1H3,(H,19,20). The SMILES string of the molecule is CC(=O)Nc1ccc(SCc2c[nH]c3ccccc23)cc1. The second-order valence-electron chi connectivity index (χ2n) is 4.85. The van der Waals surface area contributed by atoms with Crippen LogP contribution in [-0.2, 0) is 10.5 Å². The highest BCUT2D eigenvalue weighted by Crippen LogP contribution is 2.27. The molecule has 3 nitrogen and oxygen atoms in total. The molecule has 3 rings (SSSR count). The third kappa shape index (κ3) is 3.28. The fourth-order valence-electron chi connectivity index (χ4n) is 2.25. The summed E-state index contributed by atoms with van der Waals surface area (Å²) in [6.07, 6.45) is 2.07. The number of anilines is 1. The van der Waals surface area contributed by atoms with Crippen molar-refractivity contribution in [1.29, 1.82) is 0 Å². The molecular weight excluding hydrogens is 280 g/mol. The number of benzene rings is 2. The van der Waals surface area contributed by atoms with Crippen molar-refractivity contribution in [3.63, 3.8) is 0 Å². The molecule has 21 heavy (non-hydrogen) atoms. The number of carbonyl (C=O) groups is 1. The van der Waals surface area contributed by atoms with Crippen LogP contribution in [0.4, 0.5) is 5.69 Å². The number of hydrogen-bond acceptors (Lipinski definition) is 2. The first-order valence-electron chi connectivity index (χ1n) is 6.78. The van der Waals surface area contributed by atoms with Crippen molar-refractivity contribution >= 4 is 34.3 Å². The summed E-state index contributed by atoms with van der Waals surface area (Å²) in [5.74, 6) is 0.873. The molecule has 106 valence electrons. The molecule has 0 aliphatic heterocycles. The second kappa shape index (κ2) is 6.06. The average molecular weight is 296 g/mol. The maximum atomic E-state index is 11.0. The number of fused-ring (bicyclic) bond motifs is 1. The highest BCUT2D eigenvalue weighted by Gasteiger charge is 2.04. The number of carbonyl (C=O) groups excluding carboxylic acids is 1. The van der Waals surface area contributed by atoms with E-state index in [2.05, 4.69) is 34.7 Å². The fourth-order valence-corrected chi connectivity index (χ4v) is 3.14. The lowest BCUT2D eigenvalue weighted by atomic mass is 10.2. The zero-order chi connectivity index (χ0) is 14.7. The van der Waals surface area contributed by atoms with Crippen molar-refractivity contribution in [2.75, 3.05) is 5.32 Å². The normalized spacial score (nSPS) is 10.7. The Balaban J connectivity index is 1.68. The Morgan fingerprint density at radius 1 is 1.14 bits per heavy atom. The zero-order valence-electron chi connectivity index (χ0n) is 11.7. The van der Waals surface area contributed by atoms with E-state index in [0.29, 0.717) is 0 Å². The van der Waals surface area contributed by atoms with Gasteiger partial charge in [0.05, 0.1) is 0 Å². The van der Waals surface area contributed by atoms with Gasteiger partial charge in [-0.3, -0.25) is 4.79 Å². The monoisotopic (exact) mass is 296 g/mol. The minimum absolute atomic E-state index is 0.0470. The Morgan fingerprint density at radius 2 is 1.90 bits per heavy atom. The van der Waals surface area contributed by atoms with Crippen molar-refractivity contribution in [3.8, 4) is 0 Å². The summed E-state index contributed by atoms with van der Waals surface area (Å²) in [4.78, 5) is 15.5. The molecule has 0 aliphatic carbocycles. The molecule has 0 atom stereocenters. The van der Waals surface area contributed by atoms with Gasteiger partial charge in [0.25, 0.3) is 0 Å². The smallest absolute Gasteiger partial charge is 0.221 e. The van der Waals surface area contributed by atoms with Gasteiger partial charge in [0, 0.05) is 40.4 Å². The van der Waals surface area contributed by atoms with Crippen LogP contribution in [-0.4, -0.2) is 10.9 Å². The maximum absolute atomic E-state index is 11.0. The number of rotatable bonds is 4. The van der Waals surface area contributed by atoms with Crippen LogP contribution in [0.1, 0.15) is 12.5 Å². The Labute approximate surface area is 127 Å². The molecule has 0 saturated carbocycles. The number of nitrogens with one attached hydrogen (secondary N) is 2. The van der Waals surface area contributed by atoms with Gasteiger partial charge in [0.1, 0.15) is 0 Å². The van der Waals surface area contributed by atoms with Gasteiger partial charge in [0.15, 0.2) is 0 Å². The van der Waals surface area contributed by atoms with Gasteiger partial charge in [-0.25, -0.2) is 0 Å². The molecule has 0 unspecified atom stereocenters. The molecule has 1 amide bonds. The Kier molecular flexibility index (Phi) is 3.97. The van der Waals surface area contributed by atoms with E-state index in [-0.39, 0.29) is 5.91 Å². The molecule has 0 fully saturated rings. The fraction of sp³-hybridized carbons (Fsp3) is 0.118. The van der Waals surface area contributed by atoms with Crippen molar-refractivity contribution in [3.05, 3.63) is 60.3 Å². The Morgan fingerprint density at radius 3 is 2.67 bits per heavy atom. The highest BCUT2D eigenvalue weighted by atomic mass is 32.2. The van der Waals surface area contributed by atoms with E-state index >= 15 is 0 Å². The van der Waals surface area contributed by atoms with E-state index in [4.69, 9.17) is 0 Å². The number of hydrogen-bond donors (Lipinski definition) is 2. The molecule has 2 aromatic carbocycles. The van der Waals surface area contributed by atoms with Crippen LogP contribution in [0.25, 0.3) is 10.9 Å². The first-order valence-corrected chi connectivity index (χ1v) is 7.76. The van der Waals surface area contributed by atoms with Crippen molar-refractivity contribution in [1.82, 2.24) is 4.98 Å². The summed E-state index contributed by atoms with van der Waals surface area (Å²) in [5.41, 5.74) is 3.31. The van der Waals surface area contributed by atoms with E-state index < -0.39 is 0 Å². The van der Waals surface area contributed by atoms with Crippen LogP contribution in [0.5, 0.6) is 0 Å². The lowest BCUT2D eigenvalue weighted by Crippen LogP contribution is -2.05. The number of para-hydroxylation sites is 1. The summed E-state index contributed by atoms with van der Waals surface area (Å²) in [5, 5.41) is 4.05. The largest absolute Gasteiger partial charge is 0.361 e. The van der Waals surface area contributed by atoms with E-state index in [1.807, 2.05) is 30.3 Å². The first-order chi connectivity index (χ1) is 10.2. The van der Waals surface area contributed by atoms with Crippen molar-refractivity contribution < 1.29 is 4.79 Å². The predicted octanol–water partition coefficient (Wildman–Crippen LogP) is 4.42. The maximum Gasteiger partial charge on any atom is 0.221 e. The Bertz CT molecular complexity index is 762. The summed E-state index contributed by atoms with van der Waals surface area (Å²) in [6.45, 7) is 1.51. The molecule has 4 heteroatoms. The minimum atomic E-state index is -0.0470. The summed E-state index contributed by atoms with van der Waals surface area (Å²) >= 11 is 1.79. The van der Waals surface area contributed by atoms with E-state index in [0.717, 1.165) is 11.4 Å². The van der Waals surface area contributed by atoms with Gasteiger partial charge < -0.3 is 10.3 Å². The molecule has 0 bridgehead atoms. The van der Waals surface area contributed by atoms with Crippen LogP contribution >= 0.6 is 11.8 Å². The van der Waals surface area contributed by atoms with Crippen LogP contribution < -0.4 is 5.32 Å². The second-order valence-corrected chi connectivity index (χ2v) is 5.90. The molecule has 2 N–H and O–H groups in total. The predicted molar refractivity (Wildman–Crippen MR) is 88.6 cm³/mol. The average Bonchev–Trinajstić information content (AvgIpc) is 2.89. The van der Waals surface area contributed by atoms with Gasteiger partial charge in [-0.15, -0.1) is 11.8 Å². The molecule has 0 radical (unpaired) electrons. The van der Waals surface area contributed by atoms with Gasteiger partial charge in [0.2, 0.25) is 5.91 Å². The molecule has 0 aliphatic rings. The van der Waals surface area contributed by atoms with E-state index in [1.165, 1.54) is 28.3 Å². The van der Waals surface area contributed by atoms with E-state index in [1.54, 1.807) is 11.8 Å². The topological polar surface area (TPSA) is 44.9 Å².